The number of rotatable bonds is 3. The van der Waals surface area contributed by atoms with Crippen LogP contribution in [0.25, 0.3) is 0 Å². The summed E-state index contributed by atoms with van der Waals surface area (Å²) in [7, 11) is 0. The molecule has 1 aliphatic carbocycles. The number of benzene rings is 1. The molecule has 114 valence electrons. The molecule has 0 heterocycles. The maximum atomic E-state index is 13.6. The number of hydrogen-bond acceptors (Lipinski definition) is 3. The molecule has 2 amide bonds. The van der Waals surface area contributed by atoms with E-state index in [1.165, 1.54) is 0 Å². The van der Waals surface area contributed by atoms with Gasteiger partial charge in [0.15, 0.2) is 0 Å². The third kappa shape index (κ3) is 3.48. The van der Waals surface area contributed by atoms with Crippen molar-refractivity contribution in [2.45, 2.75) is 31.7 Å². The van der Waals surface area contributed by atoms with Crippen molar-refractivity contribution in [2.75, 3.05) is 5.73 Å². The summed E-state index contributed by atoms with van der Waals surface area (Å²) in [6.45, 7) is 0. The van der Waals surface area contributed by atoms with Crippen LogP contribution >= 0.6 is 0 Å². The summed E-state index contributed by atoms with van der Waals surface area (Å²) in [6, 6.07) is 1.42. The summed E-state index contributed by atoms with van der Waals surface area (Å²) in [5, 5.41) is 2.67. The highest BCUT2D eigenvalue weighted by Gasteiger charge is 2.26. The molecule has 1 saturated carbocycles. The van der Waals surface area contributed by atoms with Gasteiger partial charge in [-0.05, 0) is 31.7 Å². The Balaban J connectivity index is 2.00. The molecular weight excluding hydrogens is 280 g/mol. The van der Waals surface area contributed by atoms with Crippen LogP contribution in [0.1, 0.15) is 36.0 Å². The first-order valence-corrected chi connectivity index (χ1v) is 6.73. The number of nitrogens with one attached hydrogen (secondary N) is 1. The van der Waals surface area contributed by atoms with Crippen LogP contribution in [0.5, 0.6) is 0 Å². The van der Waals surface area contributed by atoms with Gasteiger partial charge in [-0.25, -0.2) is 8.78 Å². The Labute approximate surface area is 120 Å². The molecule has 0 saturated heterocycles. The average Bonchev–Trinajstić information content (AvgIpc) is 2.43. The minimum absolute atomic E-state index is 0.154. The second kappa shape index (κ2) is 6.07. The third-order valence-electron chi connectivity index (χ3n) is 3.80. The number of amides is 2. The van der Waals surface area contributed by atoms with E-state index in [-0.39, 0.29) is 29.1 Å². The maximum absolute atomic E-state index is 13.6. The van der Waals surface area contributed by atoms with E-state index in [4.69, 9.17) is 11.5 Å². The van der Waals surface area contributed by atoms with Crippen molar-refractivity contribution in [1.29, 1.82) is 0 Å². The molecule has 5 nitrogen and oxygen atoms in total. The van der Waals surface area contributed by atoms with Crippen LogP contribution in [0, 0.1) is 17.6 Å². The van der Waals surface area contributed by atoms with Gasteiger partial charge in [-0.1, -0.05) is 0 Å². The average molecular weight is 297 g/mol. The lowest BCUT2D eigenvalue weighted by atomic mass is 9.85. The first-order chi connectivity index (χ1) is 9.88. The second-order valence-electron chi connectivity index (χ2n) is 5.28. The minimum atomic E-state index is -0.954. The van der Waals surface area contributed by atoms with Crippen molar-refractivity contribution < 1.29 is 18.4 Å². The van der Waals surface area contributed by atoms with Gasteiger partial charge in [0.2, 0.25) is 5.91 Å². The van der Waals surface area contributed by atoms with Gasteiger partial charge in [-0.2, -0.15) is 0 Å². The van der Waals surface area contributed by atoms with Crippen LogP contribution < -0.4 is 16.8 Å². The molecule has 1 fully saturated rings. The molecule has 1 aliphatic rings. The van der Waals surface area contributed by atoms with E-state index in [1.807, 2.05) is 0 Å². The van der Waals surface area contributed by atoms with Crippen molar-refractivity contribution in [1.82, 2.24) is 5.32 Å². The summed E-state index contributed by atoms with van der Waals surface area (Å²) in [5.41, 5.74) is 10.0. The molecule has 21 heavy (non-hydrogen) atoms. The number of carbonyl (C=O) groups excluding carboxylic acids is 2. The molecule has 1 aromatic carbocycles. The molecular formula is C14H17F2N3O2. The van der Waals surface area contributed by atoms with Gasteiger partial charge in [0.25, 0.3) is 5.91 Å². The van der Waals surface area contributed by atoms with Crippen molar-refractivity contribution in [3.05, 3.63) is 29.3 Å². The SMILES string of the molecule is NC(=O)C1CCC(NC(=O)c2cc(N)c(F)cc2F)CC1. The molecule has 0 unspecified atom stereocenters. The normalized spacial score (nSPS) is 21.8. The predicted octanol–water partition coefficient (Wildman–Crippen LogP) is 1.32. The zero-order chi connectivity index (χ0) is 15.6. The molecule has 0 bridgehead atoms. The molecule has 0 spiro atoms. The molecule has 0 aromatic heterocycles. The van der Waals surface area contributed by atoms with Gasteiger partial charge < -0.3 is 16.8 Å². The fourth-order valence-electron chi connectivity index (χ4n) is 2.53. The standard InChI is InChI=1S/C14H17F2N3O2/c15-10-6-11(16)12(17)5-9(10)14(21)19-8-3-1-7(2-4-8)13(18)20/h5-8H,1-4,17H2,(H2,18,20)(H,19,21). The summed E-state index contributed by atoms with van der Waals surface area (Å²) in [4.78, 5) is 23.0. The first-order valence-electron chi connectivity index (χ1n) is 6.73. The highest BCUT2D eigenvalue weighted by molar-refractivity contribution is 5.95. The Morgan fingerprint density at radius 3 is 2.29 bits per heavy atom. The van der Waals surface area contributed by atoms with E-state index in [9.17, 15) is 18.4 Å². The van der Waals surface area contributed by atoms with Gasteiger partial charge in [-0.15, -0.1) is 0 Å². The highest BCUT2D eigenvalue weighted by Crippen LogP contribution is 2.24. The third-order valence-corrected chi connectivity index (χ3v) is 3.80. The Hall–Kier alpha value is -2.18. The fraction of sp³-hybridized carbons (Fsp3) is 0.429. The van der Waals surface area contributed by atoms with Crippen LogP contribution in [0.4, 0.5) is 14.5 Å². The number of nitrogen functional groups attached to an aromatic ring is 1. The van der Waals surface area contributed by atoms with Crippen LogP contribution in [-0.2, 0) is 4.79 Å². The van der Waals surface area contributed by atoms with Gasteiger partial charge in [0.05, 0.1) is 11.3 Å². The molecule has 0 atom stereocenters. The topological polar surface area (TPSA) is 98.2 Å². The Morgan fingerprint density at radius 1 is 1.10 bits per heavy atom. The number of hydrogen-bond donors (Lipinski definition) is 3. The summed E-state index contributed by atoms with van der Waals surface area (Å²) < 4.78 is 26.6. The van der Waals surface area contributed by atoms with Crippen molar-refractivity contribution in [2.24, 2.45) is 11.7 Å². The second-order valence-corrected chi connectivity index (χ2v) is 5.28. The van der Waals surface area contributed by atoms with E-state index in [2.05, 4.69) is 5.32 Å². The van der Waals surface area contributed by atoms with E-state index in [0.29, 0.717) is 31.7 Å². The van der Waals surface area contributed by atoms with E-state index in [1.54, 1.807) is 0 Å². The molecule has 0 aliphatic heterocycles. The molecule has 0 radical (unpaired) electrons. The van der Waals surface area contributed by atoms with Crippen LogP contribution in [0.3, 0.4) is 0 Å². The predicted molar refractivity (Wildman–Crippen MR) is 73.2 cm³/mol. The lowest BCUT2D eigenvalue weighted by molar-refractivity contribution is -0.122. The van der Waals surface area contributed by atoms with Gasteiger partial charge in [-0.3, -0.25) is 9.59 Å². The highest BCUT2D eigenvalue weighted by atomic mass is 19.1. The zero-order valence-corrected chi connectivity index (χ0v) is 11.4. The number of carbonyl (C=O) groups is 2. The monoisotopic (exact) mass is 297 g/mol. The van der Waals surface area contributed by atoms with Crippen LogP contribution in [0.15, 0.2) is 12.1 Å². The van der Waals surface area contributed by atoms with Gasteiger partial charge in [0, 0.05) is 18.0 Å². The Morgan fingerprint density at radius 2 is 1.71 bits per heavy atom. The molecule has 2 rings (SSSR count). The smallest absolute Gasteiger partial charge is 0.254 e. The Bertz CT molecular complexity index is 570. The molecule has 1 aromatic rings. The van der Waals surface area contributed by atoms with Crippen LogP contribution in [0.2, 0.25) is 0 Å². The minimum Gasteiger partial charge on any atom is -0.396 e. The first kappa shape index (κ1) is 15.2. The largest absolute Gasteiger partial charge is 0.396 e. The fourth-order valence-corrected chi connectivity index (χ4v) is 2.53. The zero-order valence-electron chi connectivity index (χ0n) is 11.4. The van der Waals surface area contributed by atoms with Crippen molar-refractivity contribution in [3.8, 4) is 0 Å². The van der Waals surface area contributed by atoms with E-state index < -0.39 is 17.5 Å². The number of halogens is 2. The Kier molecular flexibility index (Phi) is 4.40. The van der Waals surface area contributed by atoms with Crippen molar-refractivity contribution >= 4 is 17.5 Å². The van der Waals surface area contributed by atoms with Crippen molar-refractivity contribution in [3.63, 3.8) is 0 Å². The summed E-state index contributed by atoms with van der Waals surface area (Å²) in [5.74, 6) is -2.99. The van der Waals surface area contributed by atoms with Crippen LogP contribution in [-0.4, -0.2) is 17.9 Å². The summed E-state index contributed by atoms with van der Waals surface area (Å²) in [6.07, 6.45) is 2.37. The van der Waals surface area contributed by atoms with Gasteiger partial charge in [0.1, 0.15) is 11.6 Å². The lowest BCUT2D eigenvalue weighted by Gasteiger charge is -2.27. The van der Waals surface area contributed by atoms with Gasteiger partial charge >= 0.3 is 0 Å². The summed E-state index contributed by atoms with van der Waals surface area (Å²) >= 11 is 0. The molecule has 7 heteroatoms. The van der Waals surface area contributed by atoms with E-state index in [0.717, 1.165) is 6.07 Å². The number of primary amides is 1. The number of nitrogens with two attached hydrogens (primary N) is 2. The molecule has 5 N–H and O–H groups in total. The lowest BCUT2D eigenvalue weighted by Crippen LogP contribution is -2.40. The van der Waals surface area contributed by atoms with E-state index >= 15 is 0 Å². The maximum Gasteiger partial charge on any atom is 0.254 e. The number of anilines is 1. The quantitative estimate of drug-likeness (QED) is 0.734.